The number of hydrogen-bond acceptors (Lipinski definition) is 8. The molecule has 0 radical (unpaired) electrons. The quantitative estimate of drug-likeness (QED) is 0.0426. The number of rotatable bonds is 20. The van der Waals surface area contributed by atoms with Crippen LogP contribution in [0.5, 0.6) is 0 Å². The number of esters is 1. The SMILES string of the molecule is CCCCCCCCCCCCCC(=O)OCOC(=O)N(C)/C(=C/[N+](=O)[O-])N(CC)Cc1ccc(Cl)nc1. The van der Waals surface area contributed by atoms with Crippen molar-refractivity contribution in [1.82, 2.24) is 14.8 Å². The summed E-state index contributed by atoms with van der Waals surface area (Å²) in [5, 5.41) is 11.6. The molecule has 0 bridgehead atoms. The molecule has 0 aliphatic rings. The third-order valence-corrected chi connectivity index (χ3v) is 6.32. The van der Waals surface area contributed by atoms with Crippen LogP contribution in [0.3, 0.4) is 0 Å². The fraction of sp³-hybridized carbons (Fsp3) is 0.667. The van der Waals surface area contributed by atoms with Gasteiger partial charge in [0.05, 0.1) is 4.92 Å². The number of unbranched alkanes of at least 4 members (excludes halogenated alkanes) is 10. The summed E-state index contributed by atoms with van der Waals surface area (Å²) in [6, 6.07) is 3.36. The van der Waals surface area contributed by atoms with E-state index in [9.17, 15) is 19.7 Å². The molecule has 11 heteroatoms. The average molecular weight is 555 g/mol. The normalized spacial score (nSPS) is 11.2. The van der Waals surface area contributed by atoms with Crippen molar-refractivity contribution in [2.24, 2.45) is 0 Å². The number of pyridine rings is 1. The summed E-state index contributed by atoms with van der Waals surface area (Å²) in [6.45, 7) is 4.09. The van der Waals surface area contributed by atoms with Gasteiger partial charge in [-0.3, -0.25) is 19.8 Å². The highest BCUT2D eigenvalue weighted by Gasteiger charge is 2.24. The number of hydrogen-bond donors (Lipinski definition) is 0. The largest absolute Gasteiger partial charge is 0.428 e. The van der Waals surface area contributed by atoms with Crippen LogP contribution < -0.4 is 0 Å². The molecular weight excluding hydrogens is 512 g/mol. The van der Waals surface area contributed by atoms with Crippen LogP contribution in [-0.4, -0.2) is 52.2 Å². The van der Waals surface area contributed by atoms with Crippen molar-refractivity contribution in [3.63, 3.8) is 0 Å². The molecule has 0 saturated heterocycles. The van der Waals surface area contributed by atoms with Gasteiger partial charge >= 0.3 is 12.1 Å². The molecule has 214 valence electrons. The first-order valence-electron chi connectivity index (χ1n) is 13.5. The van der Waals surface area contributed by atoms with Crippen LogP contribution in [0.4, 0.5) is 4.79 Å². The third-order valence-electron chi connectivity index (χ3n) is 6.09. The number of nitro groups is 1. The number of carbonyl (C=O) groups excluding carboxylic acids is 2. The van der Waals surface area contributed by atoms with Gasteiger partial charge in [-0.25, -0.2) is 9.78 Å². The zero-order valence-corrected chi connectivity index (χ0v) is 23.8. The Morgan fingerprint density at radius 2 is 1.61 bits per heavy atom. The zero-order chi connectivity index (χ0) is 28.2. The summed E-state index contributed by atoms with van der Waals surface area (Å²) < 4.78 is 10.0. The van der Waals surface area contributed by atoms with E-state index in [0.717, 1.165) is 35.9 Å². The zero-order valence-electron chi connectivity index (χ0n) is 23.0. The van der Waals surface area contributed by atoms with E-state index in [2.05, 4.69) is 11.9 Å². The van der Waals surface area contributed by atoms with Gasteiger partial charge in [0.15, 0.2) is 5.82 Å². The Hall–Kier alpha value is -2.88. The minimum atomic E-state index is -0.881. The van der Waals surface area contributed by atoms with Gasteiger partial charge in [0, 0.05) is 32.8 Å². The van der Waals surface area contributed by atoms with Gasteiger partial charge in [-0.2, -0.15) is 0 Å². The molecule has 10 nitrogen and oxygen atoms in total. The molecule has 0 spiro atoms. The second kappa shape index (κ2) is 20.1. The van der Waals surface area contributed by atoms with Crippen LogP contribution in [-0.2, 0) is 20.8 Å². The number of carbonyl (C=O) groups is 2. The van der Waals surface area contributed by atoms with Crippen molar-refractivity contribution in [3.05, 3.63) is 51.2 Å². The summed E-state index contributed by atoms with van der Waals surface area (Å²) >= 11 is 5.82. The van der Waals surface area contributed by atoms with Crippen LogP contribution in [0.25, 0.3) is 0 Å². The molecule has 1 aromatic rings. The molecular formula is C27H43ClN4O6. The molecule has 1 heterocycles. The smallest absolute Gasteiger partial charge is 0.418 e. The highest BCUT2D eigenvalue weighted by molar-refractivity contribution is 6.29. The standard InChI is InChI=1S/C27H43ClN4O6/c1-4-6-7-8-9-10-11-12-13-14-15-16-26(33)37-22-38-27(34)30(3)25(21-32(35)36)31(5-2)20-23-17-18-24(28)29-19-23/h17-19,21H,4-16,20,22H2,1-3H3/b25-21-. The lowest BCUT2D eigenvalue weighted by Crippen LogP contribution is -2.37. The molecule has 0 aliphatic heterocycles. The van der Waals surface area contributed by atoms with Gasteiger partial charge < -0.3 is 14.4 Å². The molecule has 0 fully saturated rings. The maximum atomic E-state index is 12.5. The third kappa shape index (κ3) is 14.8. The Labute approximate surface area is 231 Å². The van der Waals surface area contributed by atoms with E-state index in [0.29, 0.717) is 11.7 Å². The predicted molar refractivity (Wildman–Crippen MR) is 147 cm³/mol. The second-order valence-electron chi connectivity index (χ2n) is 9.16. The maximum absolute atomic E-state index is 12.5. The predicted octanol–water partition coefficient (Wildman–Crippen LogP) is 6.90. The van der Waals surface area contributed by atoms with Crippen LogP contribution in [0, 0.1) is 10.1 Å². The average Bonchev–Trinajstić information content (AvgIpc) is 2.89. The summed E-state index contributed by atoms with van der Waals surface area (Å²) in [6.07, 6.45) is 14.7. The summed E-state index contributed by atoms with van der Waals surface area (Å²) in [4.78, 5) is 41.7. The van der Waals surface area contributed by atoms with Crippen LogP contribution in [0.15, 0.2) is 30.4 Å². The fourth-order valence-electron chi connectivity index (χ4n) is 3.89. The van der Waals surface area contributed by atoms with E-state index in [1.807, 2.05) is 0 Å². The van der Waals surface area contributed by atoms with Gasteiger partial charge in [-0.1, -0.05) is 88.8 Å². The molecule has 1 amide bonds. The Bertz CT molecular complexity index is 866. The first-order chi connectivity index (χ1) is 18.3. The topological polar surface area (TPSA) is 115 Å². The van der Waals surface area contributed by atoms with Crippen LogP contribution in [0.2, 0.25) is 5.15 Å². The van der Waals surface area contributed by atoms with Gasteiger partial charge in [0.25, 0.3) is 6.20 Å². The monoisotopic (exact) mass is 554 g/mol. The van der Waals surface area contributed by atoms with Crippen LogP contribution in [0.1, 0.15) is 96.5 Å². The molecule has 1 rings (SSSR count). The fourth-order valence-corrected chi connectivity index (χ4v) is 4.00. The first-order valence-corrected chi connectivity index (χ1v) is 13.9. The van der Waals surface area contributed by atoms with E-state index in [4.69, 9.17) is 21.1 Å². The summed E-state index contributed by atoms with van der Waals surface area (Å²) in [5.74, 6) is -0.424. The van der Waals surface area contributed by atoms with Gasteiger partial charge in [-0.15, -0.1) is 0 Å². The summed E-state index contributed by atoms with van der Waals surface area (Å²) in [5.41, 5.74) is 0.753. The van der Waals surface area contributed by atoms with Gasteiger partial charge in [-0.05, 0) is 25.0 Å². The highest BCUT2D eigenvalue weighted by Crippen LogP contribution is 2.16. The Morgan fingerprint density at radius 3 is 2.13 bits per heavy atom. The lowest BCUT2D eigenvalue weighted by molar-refractivity contribution is -0.405. The minimum absolute atomic E-state index is 0.0183. The lowest BCUT2D eigenvalue weighted by Gasteiger charge is -2.29. The lowest BCUT2D eigenvalue weighted by atomic mass is 10.1. The minimum Gasteiger partial charge on any atom is -0.428 e. The first kappa shape index (κ1) is 33.1. The van der Waals surface area contributed by atoms with Crippen molar-refractivity contribution in [3.8, 4) is 0 Å². The molecule has 0 aromatic carbocycles. The summed E-state index contributed by atoms with van der Waals surface area (Å²) in [7, 11) is 1.35. The van der Waals surface area contributed by atoms with Crippen LogP contribution >= 0.6 is 11.6 Å². The highest BCUT2D eigenvalue weighted by atomic mass is 35.5. The number of aromatic nitrogens is 1. The molecule has 38 heavy (non-hydrogen) atoms. The van der Waals surface area contributed by atoms with E-state index in [-0.39, 0.29) is 18.8 Å². The Balaban J connectivity index is 2.36. The number of nitrogens with zero attached hydrogens (tertiary/aromatic N) is 4. The van der Waals surface area contributed by atoms with Gasteiger partial charge in [0.1, 0.15) is 5.15 Å². The van der Waals surface area contributed by atoms with E-state index in [1.54, 1.807) is 30.2 Å². The second-order valence-corrected chi connectivity index (χ2v) is 9.55. The van der Waals surface area contributed by atoms with Crippen molar-refractivity contribution in [2.75, 3.05) is 20.4 Å². The Morgan fingerprint density at radius 1 is 1.00 bits per heavy atom. The molecule has 0 saturated carbocycles. The number of amides is 1. The molecule has 0 N–H and O–H groups in total. The number of halogens is 1. The van der Waals surface area contributed by atoms with Crippen molar-refractivity contribution < 1.29 is 24.0 Å². The van der Waals surface area contributed by atoms with E-state index < -0.39 is 23.8 Å². The maximum Gasteiger partial charge on any atom is 0.418 e. The molecule has 0 atom stereocenters. The molecule has 0 unspecified atom stereocenters. The Kier molecular flexibility index (Phi) is 17.6. The van der Waals surface area contributed by atoms with E-state index >= 15 is 0 Å². The van der Waals surface area contributed by atoms with Crippen molar-refractivity contribution >= 4 is 23.7 Å². The number of ether oxygens (including phenoxy) is 2. The van der Waals surface area contributed by atoms with Crippen molar-refractivity contribution in [2.45, 2.75) is 97.4 Å². The van der Waals surface area contributed by atoms with Gasteiger partial charge in [0.2, 0.25) is 6.79 Å². The molecule has 0 aliphatic carbocycles. The van der Waals surface area contributed by atoms with E-state index in [1.165, 1.54) is 58.4 Å². The molecule has 1 aromatic heterocycles. The van der Waals surface area contributed by atoms with Crippen molar-refractivity contribution in [1.29, 1.82) is 0 Å².